The van der Waals surface area contributed by atoms with Crippen LogP contribution < -0.4 is 10.6 Å². The lowest BCUT2D eigenvalue weighted by Gasteiger charge is -2.17. The standard InChI is InChI=1S/C17H26N2O/c1-14(12-15-8-6-5-7-9-15)13-18-10-11-19-16(20)17(2,3)4/h5-9,12,18H,10-11,13H2,1-4H3,(H,19,20)/b14-12-. The van der Waals surface area contributed by atoms with Crippen molar-refractivity contribution in [2.75, 3.05) is 19.6 Å². The Balaban J connectivity index is 2.22. The zero-order chi connectivity index (χ0) is 15.0. The van der Waals surface area contributed by atoms with Gasteiger partial charge in [-0.2, -0.15) is 0 Å². The lowest BCUT2D eigenvalue weighted by atomic mass is 9.96. The van der Waals surface area contributed by atoms with E-state index in [1.165, 1.54) is 11.1 Å². The summed E-state index contributed by atoms with van der Waals surface area (Å²) in [5.41, 5.74) is 2.18. The zero-order valence-corrected chi connectivity index (χ0v) is 13.0. The van der Waals surface area contributed by atoms with E-state index in [-0.39, 0.29) is 11.3 Å². The minimum absolute atomic E-state index is 0.0934. The van der Waals surface area contributed by atoms with Gasteiger partial charge in [-0.1, -0.05) is 62.8 Å². The van der Waals surface area contributed by atoms with Crippen LogP contribution in [0.15, 0.2) is 35.9 Å². The molecule has 3 heteroatoms. The number of rotatable bonds is 6. The lowest BCUT2D eigenvalue weighted by molar-refractivity contribution is -0.128. The topological polar surface area (TPSA) is 41.1 Å². The van der Waals surface area contributed by atoms with E-state index in [1.54, 1.807) is 0 Å². The Morgan fingerprint density at radius 1 is 1.15 bits per heavy atom. The van der Waals surface area contributed by atoms with Crippen LogP contribution in [0.3, 0.4) is 0 Å². The molecule has 0 saturated heterocycles. The van der Waals surface area contributed by atoms with Gasteiger partial charge in [0.05, 0.1) is 0 Å². The average molecular weight is 274 g/mol. The minimum atomic E-state index is -0.316. The zero-order valence-electron chi connectivity index (χ0n) is 13.0. The Morgan fingerprint density at radius 3 is 2.40 bits per heavy atom. The Labute approximate surface area is 122 Å². The summed E-state index contributed by atoms with van der Waals surface area (Å²) in [6.45, 7) is 10.1. The highest BCUT2D eigenvalue weighted by Crippen LogP contribution is 2.11. The van der Waals surface area contributed by atoms with Gasteiger partial charge >= 0.3 is 0 Å². The molecule has 0 aliphatic carbocycles. The third kappa shape index (κ3) is 6.53. The Hall–Kier alpha value is -1.61. The Morgan fingerprint density at radius 2 is 1.80 bits per heavy atom. The van der Waals surface area contributed by atoms with Gasteiger partial charge in [-0.3, -0.25) is 4.79 Å². The second-order valence-electron chi connectivity index (χ2n) is 6.08. The molecule has 1 rings (SSSR count). The lowest BCUT2D eigenvalue weighted by Crippen LogP contribution is -2.38. The molecule has 2 N–H and O–H groups in total. The van der Waals surface area contributed by atoms with Crippen molar-refractivity contribution in [2.45, 2.75) is 27.7 Å². The van der Waals surface area contributed by atoms with Crippen molar-refractivity contribution < 1.29 is 4.79 Å². The summed E-state index contributed by atoms with van der Waals surface area (Å²) in [7, 11) is 0. The molecule has 0 heterocycles. The van der Waals surface area contributed by atoms with E-state index in [1.807, 2.05) is 39.0 Å². The monoisotopic (exact) mass is 274 g/mol. The van der Waals surface area contributed by atoms with E-state index >= 15 is 0 Å². The predicted molar refractivity (Wildman–Crippen MR) is 85.4 cm³/mol. The summed E-state index contributed by atoms with van der Waals surface area (Å²) < 4.78 is 0. The number of hydrogen-bond acceptors (Lipinski definition) is 2. The third-order valence-electron chi connectivity index (χ3n) is 2.88. The summed E-state index contributed by atoms with van der Waals surface area (Å²) in [5.74, 6) is 0.0934. The van der Waals surface area contributed by atoms with Crippen molar-refractivity contribution >= 4 is 12.0 Å². The number of carbonyl (C=O) groups is 1. The van der Waals surface area contributed by atoms with Gasteiger partial charge < -0.3 is 10.6 Å². The van der Waals surface area contributed by atoms with Crippen molar-refractivity contribution in [1.29, 1.82) is 0 Å². The molecule has 20 heavy (non-hydrogen) atoms. The van der Waals surface area contributed by atoms with Crippen LogP contribution in [0.5, 0.6) is 0 Å². The van der Waals surface area contributed by atoms with E-state index in [0.717, 1.165) is 13.1 Å². The molecule has 0 bridgehead atoms. The van der Waals surface area contributed by atoms with E-state index in [0.29, 0.717) is 6.54 Å². The quantitative estimate of drug-likeness (QED) is 0.783. The Bertz CT molecular complexity index is 444. The van der Waals surface area contributed by atoms with Crippen LogP contribution in [0.25, 0.3) is 6.08 Å². The number of hydrogen-bond donors (Lipinski definition) is 2. The van der Waals surface area contributed by atoms with Crippen molar-refractivity contribution in [3.63, 3.8) is 0 Å². The van der Waals surface area contributed by atoms with Crippen molar-refractivity contribution in [1.82, 2.24) is 10.6 Å². The highest BCUT2D eigenvalue weighted by Gasteiger charge is 2.19. The van der Waals surface area contributed by atoms with Gasteiger partial charge in [-0.05, 0) is 12.5 Å². The molecule has 1 aromatic rings. The van der Waals surface area contributed by atoms with Gasteiger partial charge in [0.1, 0.15) is 0 Å². The summed E-state index contributed by atoms with van der Waals surface area (Å²) in [5, 5.41) is 6.25. The smallest absolute Gasteiger partial charge is 0.225 e. The second-order valence-corrected chi connectivity index (χ2v) is 6.08. The average Bonchev–Trinajstić information content (AvgIpc) is 2.38. The van der Waals surface area contributed by atoms with Gasteiger partial charge in [-0.15, -0.1) is 0 Å². The highest BCUT2D eigenvalue weighted by molar-refractivity contribution is 5.81. The van der Waals surface area contributed by atoms with Gasteiger partial charge in [0, 0.05) is 25.0 Å². The van der Waals surface area contributed by atoms with Gasteiger partial charge in [0.2, 0.25) is 5.91 Å². The summed E-state index contributed by atoms with van der Waals surface area (Å²) >= 11 is 0. The van der Waals surface area contributed by atoms with E-state index in [4.69, 9.17) is 0 Å². The molecule has 0 fully saturated rings. The van der Waals surface area contributed by atoms with Gasteiger partial charge in [0.25, 0.3) is 0 Å². The number of benzene rings is 1. The molecule has 0 unspecified atom stereocenters. The molecule has 0 aliphatic rings. The summed E-state index contributed by atoms with van der Waals surface area (Å²) in [6, 6.07) is 10.3. The fraction of sp³-hybridized carbons (Fsp3) is 0.471. The van der Waals surface area contributed by atoms with Crippen molar-refractivity contribution in [3.8, 4) is 0 Å². The predicted octanol–water partition coefficient (Wildman–Crippen LogP) is 2.84. The largest absolute Gasteiger partial charge is 0.354 e. The summed E-state index contributed by atoms with van der Waals surface area (Å²) in [4.78, 5) is 11.7. The van der Waals surface area contributed by atoms with Crippen LogP contribution in [0.1, 0.15) is 33.3 Å². The molecule has 0 radical (unpaired) electrons. The molecule has 0 aliphatic heterocycles. The normalized spacial score (nSPS) is 12.3. The molecule has 1 aromatic carbocycles. The maximum Gasteiger partial charge on any atom is 0.225 e. The first-order valence-electron chi connectivity index (χ1n) is 7.11. The van der Waals surface area contributed by atoms with Crippen LogP contribution >= 0.6 is 0 Å². The number of amides is 1. The molecule has 3 nitrogen and oxygen atoms in total. The maximum atomic E-state index is 11.7. The molecular weight excluding hydrogens is 248 g/mol. The molecule has 0 atom stereocenters. The first-order valence-corrected chi connectivity index (χ1v) is 7.11. The van der Waals surface area contributed by atoms with Crippen molar-refractivity contribution in [3.05, 3.63) is 41.5 Å². The summed E-state index contributed by atoms with van der Waals surface area (Å²) in [6.07, 6.45) is 2.17. The van der Waals surface area contributed by atoms with Crippen LogP contribution in [0.4, 0.5) is 0 Å². The molecular formula is C17H26N2O. The molecule has 0 aromatic heterocycles. The first kappa shape index (κ1) is 16.4. The Kier molecular flexibility index (Phi) is 6.46. The van der Waals surface area contributed by atoms with Crippen LogP contribution in [-0.2, 0) is 4.79 Å². The molecule has 110 valence electrons. The van der Waals surface area contributed by atoms with Crippen LogP contribution in [-0.4, -0.2) is 25.5 Å². The van der Waals surface area contributed by atoms with Crippen LogP contribution in [0, 0.1) is 5.41 Å². The minimum Gasteiger partial charge on any atom is -0.354 e. The fourth-order valence-electron chi connectivity index (χ4n) is 1.70. The van der Waals surface area contributed by atoms with Gasteiger partial charge in [0.15, 0.2) is 0 Å². The third-order valence-corrected chi connectivity index (χ3v) is 2.88. The van der Waals surface area contributed by atoms with Crippen molar-refractivity contribution in [2.24, 2.45) is 5.41 Å². The molecule has 0 spiro atoms. The second kappa shape index (κ2) is 7.85. The van der Waals surface area contributed by atoms with Crippen LogP contribution in [0.2, 0.25) is 0 Å². The maximum absolute atomic E-state index is 11.7. The fourth-order valence-corrected chi connectivity index (χ4v) is 1.70. The SMILES string of the molecule is C/C(=C/c1ccccc1)CNCCNC(=O)C(C)(C)C. The highest BCUT2D eigenvalue weighted by atomic mass is 16.2. The molecule has 1 amide bonds. The van der Waals surface area contributed by atoms with E-state index in [9.17, 15) is 4.79 Å². The van der Waals surface area contributed by atoms with E-state index in [2.05, 4.69) is 35.8 Å². The van der Waals surface area contributed by atoms with E-state index < -0.39 is 0 Å². The molecule has 0 saturated carbocycles. The number of nitrogens with one attached hydrogen (secondary N) is 2. The number of carbonyl (C=O) groups excluding carboxylic acids is 1. The van der Waals surface area contributed by atoms with Gasteiger partial charge in [-0.25, -0.2) is 0 Å². The first-order chi connectivity index (χ1) is 9.39.